The van der Waals surface area contributed by atoms with Crippen LogP contribution in [0.1, 0.15) is 12.0 Å². The molecule has 0 fully saturated rings. The van der Waals surface area contributed by atoms with E-state index in [0.29, 0.717) is 0 Å². The molecule has 14 heavy (non-hydrogen) atoms. The lowest BCUT2D eigenvalue weighted by Gasteiger charge is -2.03. The van der Waals surface area contributed by atoms with Gasteiger partial charge in [-0.3, -0.25) is 4.79 Å². The van der Waals surface area contributed by atoms with Crippen LogP contribution in [0.3, 0.4) is 0 Å². The Morgan fingerprint density at radius 3 is 3.00 bits per heavy atom. The lowest BCUT2D eigenvalue weighted by molar-refractivity contribution is 0.625. The molecule has 1 heterocycles. The van der Waals surface area contributed by atoms with Gasteiger partial charge in [0.05, 0.1) is 0 Å². The van der Waals surface area contributed by atoms with Crippen molar-refractivity contribution in [2.24, 2.45) is 0 Å². The molecule has 0 spiro atoms. The van der Waals surface area contributed by atoms with Crippen molar-refractivity contribution in [3.8, 4) is 0 Å². The highest BCUT2D eigenvalue weighted by Gasteiger charge is 1.92. The van der Waals surface area contributed by atoms with Crippen molar-refractivity contribution in [1.82, 2.24) is 15.6 Å². The quantitative estimate of drug-likeness (QED) is 0.563. The van der Waals surface area contributed by atoms with Gasteiger partial charge in [0.1, 0.15) is 0 Å². The second-order valence-corrected chi connectivity index (χ2v) is 3.20. The van der Waals surface area contributed by atoms with E-state index >= 15 is 0 Å². The number of aromatic amines is 1. The predicted octanol–water partition coefficient (Wildman–Crippen LogP) is 0.0740. The molecule has 0 saturated heterocycles. The van der Waals surface area contributed by atoms with Crippen LogP contribution in [0.4, 0.5) is 0 Å². The highest BCUT2D eigenvalue weighted by molar-refractivity contribution is 5.09. The molecule has 0 atom stereocenters. The SMILES string of the molecule is CNCCCNCc1cc[nH]c(=O)c1. The zero-order chi connectivity index (χ0) is 10.2. The van der Waals surface area contributed by atoms with E-state index in [1.807, 2.05) is 13.1 Å². The van der Waals surface area contributed by atoms with Crippen LogP contribution < -0.4 is 16.2 Å². The van der Waals surface area contributed by atoms with Gasteiger partial charge >= 0.3 is 0 Å². The van der Waals surface area contributed by atoms with E-state index in [2.05, 4.69) is 15.6 Å². The van der Waals surface area contributed by atoms with Gasteiger partial charge in [-0.25, -0.2) is 0 Å². The Balaban J connectivity index is 2.21. The van der Waals surface area contributed by atoms with Gasteiger partial charge in [0.15, 0.2) is 0 Å². The summed E-state index contributed by atoms with van der Waals surface area (Å²) in [5.41, 5.74) is 0.984. The van der Waals surface area contributed by atoms with E-state index in [9.17, 15) is 4.79 Å². The lowest BCUT2D eigenvalue weighted by atomic mass is 10.2. The second kappa shape index (κ2) is 6.34. The van der Waals surface area contributed by atoms with Crippen LogP contribution in [-0.4, -0.2) is 25.1 Å². The molecule has 0 bridgehead atoms. The summed E-state index contributed by atoms with van der Waals surface area (Å²) < 4.78 is 0. The number of nitrogens with one attached hydrogen (secondary N) is 3. The Morgan fingerprint density at radius 1 is 1.43 bits per heavy atom. The first kappa shape index (κ1) is 10.9. The van der Waals surface area contributed by atoms with Crippen LogP contribution in [0.5, 0.6) is 0 Å². The maximum Gasteiger partial charge on any atom is 0.248 e. The van der Waals surface area contributed by atoms with Crippen LogP contribution in [0.15, 0.2) is 23.1 Å². The summed E-state index contributed by atoms with van der Waals surface area (Å²) >= 11 is 0. The summed E-state index contributed by atoms with van der Waals surface area (Å²) in [5, 5.41) is 6.35. The Hall–Kier alpha value is -1.13. The lowest BCUT2D eigenvalue weighted by Crippen LogP contribution is -2.20. The number of hydrogen-bond donors (Lipinski definition) is 3. The first-order chi connectivity index (χ1) is 6.83. The smallest absolute Gasteiger partial charge is 0.248 e. The minimum absolute atomic E-state index is 0.0421. The van der Waals surface area contributed by atoms with Crippen molar-refractivity contribution in [2.75, 3.05) is 20.1 Å². The fraction of sp³-hybridized carbons (Fsp3) is 0.500. The number of pyridine rings is 1. The van der Waals surface area contributed by atoms with Gasteiger partial charge in [0, 0.05) is 18.8 Å². The van der Waals surface area contributed by atoms with E-state index in [1.165, 1.54) is 0 Å². The topological polar surface area (TPSA) is 56.9 Å². The van der Waals surface area contributed by atoms with E-state index in [-0.39, 0.29) is 5.56 Å². The molecule has 3 N–H and O–H groups in total. The third-order valence-corrected chi connectivity index (χ3v) is 1.95. The molecule has 0 aromatic carbocycles. The number of H-pyrrole nitrogens is 1. The molecule has 1 aromatic rings. The fourth-order valence-electron chi connectivity index (χ4n) is 1.22. The summed E-state index contributed by atoms with van der Waals surface area (Å²) in [5.74, 6) is 0. The third kappa shape index (κ3) is 4.20. The van der Waals surface area contributed by atoms with E-state index in [1.54, 1.807) is 12.3 Å². The Kier molecular flexibility index (Phi) is 4.96. The van der Waals surface area contributed by atoms with Gasteiger partial charge in [-0.1, -0.05) is 0 Å². The third-order valence-electron chi connectivity index (χ3n) is 1.95. The van der Waals surface area contributed by atoms with Crippen LogP contribution in [0, 0.1) is 0 Å². The Labute approximate surface area is 83.7 Å². The molecule has 0 radical (unpaired) electrons. The van der Waals surface area contributed by atoms with Gasteiger partial charge in [-0.2, -0.15) is 0 Å². The van der Waals surface area contributed by atoms with Crippen molar-refractivity contribution in [2.45, 2.75) is 13.0 Å². The van der Waals surface area contributed by atoms with Crippen molar-refractivity contribution in [1.29, 1.82) is 0 Å². The standard InChI is InChI=1S/C10H17N3O/c1-11-4-2-5-12-8-9-3-6-13-10(14)7-9/h3,6-7,11-12H,2,4-5,8H2,1H3,(H,13,14). The monoisotopic (exact) mass is 195 g/mol. The average molecular weight is 195 g/mol. The number of hydrogen-bond acceptors (Lipinski definition) is 3. The highest BCUT2D eigenvalue weighted by atomic mass is 16.1. The van der Waals surface area contributed by atoms with E-state index < -0.39 is 0 Å². The molecule has 0 aliphatic rings. The van der Waals surface area contributed by atoms with Crippen molar-refractivity contribution in [3.05, 3.63) is 34.2 Å². The van der Waals surface area contributed by atoms with Gasteiger partial charge < -0.3 is 15.6 Å². The average Bonchev–Trinajstić information content (AvgIpc) is 2.18. The van der Waals surface area contributed by atoms with Crippen LogP contribution in [0.25, 0.3) is 0 Å². The minimum atomic E-state index is -0.0421. The summed E-state index contributed by atoms with van der Waals surface area (Å²) in [4.78, 5) is 13.5. The fourth-order valence-corrected chi connectivity index (χ4v) is 1.22. The maximum atomic E-state index is 10.9. The van der Waals surface area contributed by atoms with Crippen LogP contribution >= 0.6 is 0 Å². The molecule has 4 heteroatoms. The molecule has 4 nitrogen and oxygen atoms in total. The molecule has 0 unspecified atom stereocenters. The molecular weight excluding hydrogens is 178 g/mol. The molecular formula is C10H17N3O. The predicted molar refractivity (Wildman–Crippen MR) is 57.3 cm³/mol. The second-order valence-electron chi connectivity index (χ2n) is 3.20. The van der Waals surface area contributed by atoms with Crippen LogP contribution in [0.2, 0.25) is 0 Å². The molecule has 0 aliphatic heterocycles. The summed E-state index contributed by atoms with van der Waals surface area (Å²) in [6.07, 6.45) is 2.77. The first-order valence-corrected chi connectivity index (χ1v) is 4.86. The van der Waals surface area contributed by atoms with Crippen molar-refractivity contribution in [3.63, 3.8) is 0 Å². The molecule has 0 saturated carbocycles. The summed E-state index contributed by atoms with van der Waals surface area (Å²) in [6, 6.07) is 3.53. The molecule has 0 amide bonds. The van der Waals surface area contributed by atoms with Crippen molar-refractivity contribution >= 4 is 0 Å². The largest absolute Gasteiger partial charge is 0.329 e. The summed E-state index contributed by atoms with van der Waals surface area (Å²) in [7, 11) is 1.94. The normalized spacial score (nSPS) is 10.4. The molecule has 1 rings (SSSR count). The van der Waals surface area contributed by atoms with Gasteiger partial charge in [0.2, 0.25) is 5.56 Å². The zero-order valence-corrected chi connectivity index (χ0v) is 8.47. The maximum absolute atomic E-state index is 10.9. The van der Waals surface area contributed by atoms with Crippen molar-refractivity contribution < 1.29 is 0 Å². The van der Waals surface area contributed by atoms with Gasteiger partial charge in [-0.05, 0) is 38.2 Å². The van der Waals surface area contributed by atoms with Gasteiger partial charge in [0.25, 0.3) is 0 Å². The molecule has 0 aliphatic carbocycles. The molecule has 1 aromatic heterocycles. The zero-order valence-electron chi connectivity index (χ0n) is 8.47. The first-order valence-electron chi connectivity index (χ1n) is 4.86. The van der Waals surface area contributed by atoms with E-state index in [0.717, 1.165) is 31.6 Å². The highest BCUT2D eigenvalue weighted by Crippen LogP contribution is 1.91. The molecule has 78 valence electrons. The van der Waals surface area contributed by atoms with E-state index in [4.69, 9.17) is 0 Å². The Morgan fingerprint density at radius 2 is 2.29 bits per heavy atom. The summed E-state index contributed by atoms with van der Waals surface area (Å²) in [6.45, 7) is 2.74. The minimum Gasteiger partial charge on any atom is -0.329 e. The van der Waals surface area contributed by atoms with Crippen LogP contribution in [-0.2, 0) is 6.54 Å². The number of aromatic nitrogens is 1. The number of rotatable bonds is 6. The Bertz CT molecular complexity index is 308. The van der Waals surface area contributed by atoms with Gasteiger partial charge in [-0.15, -0.1) is 0 Å².